The van der Waals surface area contributed by atoms with Gasteiger partial charge in [-0.25, -0.2) is 14.5 Å². The van der Waals surface area contributed by atoms with Crippen molar-refractivity contribution >= 4 is 22.9 Å². The predicted molar refractivity (Wildman–Crippen MR) is 87.8 cm³/mol. The average molecular weight is 332 g/mol. The Morgan fingerprint density at radius 2 is 2.21 bits per heavy atom. The van der Waals surface area contributed by atoms with Crippen LogP contribution in [-0.2, 0) is 9.53 Å². The number of carboxylic acid groups (broad SMARTS) is 1. The highest BCUT2D eigenvalue weighted by Crippen LogP contribution is 2.16. The second kappa shape index (κ2) is 7.69. The SMILES string of the molecule is C=CCOCC(NC(=O)c1cnc2c(cnn2C(C)C)c1)C(=O)O. The zero-order valence-corrected chi connectivity index (χ0v) is 13.6. The van der Waals surface area contributed by atoms with Gasteiger partial charge in [0.05, 0.1) is 25.0 Å². The highest BCUT2D eigenvalue weighted by atomic mass is 16.5. The molecule has 1 unspecified atom stereocenters. The normalized spacial score (nSPS) is 12.3. The second-order valence-corrected chi connectivity index (χ2v) is 5.51. The maximum atomic E-state index is 12.3. The van der Waals surface area contributed by atoms with Gasteiger partial charge in [0.1, 0.15) is 0 Å². The van der Waals surface area contributed by atoms with Crippen LogP contribution in [0.15, 0.2) is 31.1 Å². The van der Waals surface area contributed by atoms with E-state index in [1.54, 1.807) is 16.9 Å². The summed E-state index contributed by atoms with van der Waals surface area (Å²) < 4.78 is 6.85. The Morgan fingerprint density at radius 3 is 2.83 bits per heavy atom. The number of fused-ring (bicyclic) bond motifs is 1. The van der Waals surface area contributed by atoms with Crippen LogP contribution in [0.2, 0.25) is 0 Å². The van der Waals surface area contributed by atoms with E-state index in [9.17, 15) is 9.59 Å². The number of hydrogen-bond acceptors (Lipinski definition) is 5. The van der Waals surface area contributed by atoms with Crippen LogP contribution in [0.3, 0.4) is 0 Å². The van der Waals surface area contributed by atoms with E-state index in [1.165, 1.54) is 12.3 Å². The molecule has 0 saturated heterocycles. The van der Waals surface area contributed by atoms with Crippen molar-refractivity contribution in [2.24, 2.45) is 0 Å². The molecule has 1 atom stereocenters. The van der Waals surface area contributed by atoms with Gasteiger partial charge in [0.2, 0.25) is 0 Å². The van der Waals surface area contributed by atoms with Crippen molar-refractivity contribution in [3.05, 3.63) is 36.7 Å². The van der Waals surface area contributed by atoms with Crippen molar-refractivity contribution in [3.8, 4) is 0 Å². The van der Waals surface area contributed by atoms with E-state index in [0.29, 0.717) is 11.0 Å². The molecule has 2 heterocycles. The van der Waals surface area contributed by atoms with E-state index in [2.05, 4.69) is 22.0 Å². The smallest absolute Gasteiger partial charge is 0.328 e. The molecule has 0 fully saturated rings. The van der Waals surface area contributed by atoms with Crippen LogP contribution in [0.25, 0.3) is 11.0 Å². The van der Waals surface area contributed by atoms with Crippen molar-refractivity contribution in [1.29, 1.82) is 0 Å². The Balaban J connectivity index is 2.14. The molecule has 0 spiro atoms. The monoisotopic (exact) mass is 332 g/mol. The Bertz CT molecular complexity index is 754. The zero-order chi connectivity index (χ0) is 17.7. The van der Waals surface area contributed by atoms with Crippen molar-refractivity contribution in [3.63, 3.8) is 0 Å². The molecule has 0 radical (unpaired) electrons. The molecule has 2 aromatic rings. The summed E-state index contributed by atoms with van der Waals surface area (Å²) in [7, 11) is 0. The Hall–Kier alpha value is -2.74. The molecule has 2 N–H and O–H groups in total. The van der Waals surface area contributed by atoms with Gasteiger partial charge < -0.3 is 15.2 Å². The van der Waals surface area contributed by atoms with Crippen LogP contribution >= 0.6 is 0 Å². The minimum atomic E-state index is -1.17. The summed E-state index contributed by atoms with van der Waals surface area (Å²) in [5.41, 5.74) is 0.937. The molecule has 24 heavy (non-hydrogen) atoms. The van der Waals surface area contributed by atoms with Crippen LogP contribution in [0.4, 0.5) is 0 Å². The fraction of sp³-hybridized carbons (Fsp3) is 0.375. The number of amides is 1. The molecule has 2 aromatic heterocycles. The highest BCUT2D eigenvalue weighted by molar-refractivity contribution is 5.98. The van der Waals surface area contributed by atoms with E-state index in [-0.39, 0.29) is 24.8 Å². The number of carbonyl (C=O) groups excluding carboxylic acids is 1. The highest BCUT2D eigenvalue weighted by Gasteiger charge is 2.21. The molecule has 2 rings (SSSR count). The van der Waals surface area contributed by atoms with Crippen molar-refractivity contribution < 1.29 is 19.4 Å². The summed E-state index contributed by atoms with van der Waals surface area (Å²) in [5, 5.41) is 16.5. The first kappa shape index (κ1) is 17.6. The molecule has 128 valence electrons. The Morgan fingerprint density at radius 1 is 1.46 bits per heavy atom. The topological polar surface area (TPSA) is 106 Å². The average Bonchev–Trinajstić information content (AvgIpc) is 2.97. The van der Waals surface area contributed by atoms with Gasteiger partial charge in [-0.05, 0) is 19.9 Å². The molecule has 0 saturated carbocycles. The molecule has 0 aliphatic rings. The standard InChI is InChI=1S/C16H20N4O4/c1-4-5-24-9-13(16(22)23)19-15(21)12-6-11-8-18-20(10(2)3)14(11)17-7-12/h4,6-8,10,13H,1,5,9H2,2-3H3,(H,19,21)(H,22,23). The van der Waals surface area contributed by atoms with Gasteiger partial charge in [-0.15, -0.1) is 6.58 Å². The fourth-order valence-corrected chi connectivity index (χ4v) is 2.13. The Kier molecular flexibility index (Phi) is 5.64. The quantitative estimate of drug-likeness (QED) is 0.559. The zero-order valence-electron chi connectivity index (χ0n) is 13.6. The van der Waals surface area contributed by atoms with E-state index in [4.69, 9.17) is 9.84 Å². The lowest BCUT2D eigenvalue weighted by atomic mass is 10.2. The van der Waals surface area contributed by atoms with E-state index < -0.39 is 17.9 Å². The first-order chi connectivity index (χ1) is 11.4. The third-order valence-corrected chi connectivity index (χ3v) is 3.31. The predicted octanol–water partition coefficient (Wildman–Crippen LogP) is 1.40. The lowest BCUT2D eigenvalue weighted by Gasteiger charge is -2.14. The number of nitrogens with zero attached hydrogens (tertiary/aromatic N) is 3. The van der Waals surface area contributed by atoms with Gasteiger partial charge >= 0.3 is 5.97 Å². The van der Waals surface area contributed by atoms with Crippen molar-refractivity contribution in [1.82, 2.24) is 20.1 Å². The maximum absolute atomic E-state index is 12.3. The second-order valence-electron chi connectivity index (χ2n) is 5.51. The number of nitrogens with one attached hydrogen (secondary N) is 1. The summed E-state index contributed by atoms with van der Waals surface area (Å²) in [6.07, 6.45) is 4.54. The number of aromatic nitrogens is 3. The van der Waals surface area contributed by atoms with Gasteiger partial charge in [-0.3, -0.25) is 4.79 Å². The van der Waals surface area contributed by atoms with Gasteiger partial charge in [-0.1, -0.05) is 6.08 Å². The number of aliphatic carboxylic acids is 1. The van der Waals surface area contributed by atoms with Crippen LogP contribution in [0, 0.1) is 0 Å². The van der Waals surface area contributed by atoms with E-state index >= 15 is 0 Å². The van der Waals surface area contributed by atoms with Gasteiger partial charge in [-0.2, -0.15) is 5.10 Å². The number of pyridine rings is 1. The minimum absolute atomic E-state index is 0.145. The van der Waals surface area contributed by atoms with Gasteiger partial charge in [0.25, 0.3) is 5.91 Å². The molecule has 8 heteroatoms. The van der Waals surface area contributed by atoms with Crippen LogP contribution in [0.5, 0.6) is 0 Å². The van der Waals surface area contributed by atoms with E-state index in [0.717, 1.165) is 0 Å². The number of carboxylic acids is 1. The van der Waals surface area contributed by atoms with Gasteiger partial charge in [0.15, 0.2) is 11.7 Å². The first-order valence-electron chi connectivity index (χ1n) is 7.49. The number of hydrogen-bond donors (Lipinski definition) is 2. The fourth-order valence-electron chi connectivity index (χ4n) is 2.13. The minimum Gasteiger partial charge on any atom is -0.480 e. The number of carbonyl (C=O) groups is 2. The van der Waals surface area contributed by atoms with Crippen molar-refractivity contribution in [2.75, 3.05) is 13.2 Å². The molecule has 8 nitrogen and oxygen atoms in total. The lowest BCUT2D eigenvalue weighted by molar-refractivity contribution is -0.140. The van der Waals surface area contributed by atoms with Crippen molar-refractivity contribution in [2.45, 2.75) is 25.9 Å². The van der Waals surface area contributed by atoms with Crippen LogP contribution in [0.1, 0.15) is 30.2 Å². The summed E-state index contributed by atoms with van der Waals surface area (Å²) in [6, 6.07) is 0.632. The lowest BCUT2D eigenvalue weighted by Crippen LogP contribution is -2.44. The third kappa shape index (κ3) is 3.96. The number of rotatable bonds is 8. The van der Waals surface area contributed by atoms with Crippen LogP contribution in [-0.4, -0.2) is 51.0 Å². The molecule has 0 aliphatic carbocycles. The molecular formula is C16H20N4O4. The summed E-state index contributed by atoms with van der Waals surface area (Å²) in [6.45, 7) is 7.51. The molecule has 0 aromatic carbocycles. The molecule has 0 bridgehead atoms. The molecule has 1 amide bonds. The van der Waals surface area contributed by atoms with Gasteiger partial charge in [0, 0.05) is 17.6 Å². The summed E-state index contributed by atoms with van der Waals surface area (Å²) in [4.78, 5) is 27.7. The van der Waals surface area contributed by atoms with Crippen LogP contribution < -0.4 is 5.32 Å². The summed E-state index contributed by atoms with van der Waals surface area (Å²) >= 11 is 0. The van der Waals surface area contributed by atoms with E-state index in [1.807, 2.05) is 13.8 Å². The molecule has 0 aliphatic heterocycles. The largest absolute Gasteiger partial charge is 0.480 e. The summed E-state index contributed by atoms with van der Waals surface area (Å²) in [5.74, 6) is -1.70. The number of ether oxygens (including phenoxy) is 1. The third-order valence-electron chi connectivity index (χ3n) is 3.31. The maximum Gasteiger partial charge on any atom is 0.328 e. The first-order valence-corrected chi connectivity index (χ1v) is 7.49. The Labute approximate surface area is 139 Å². The molecular weight excluding hydrogens is 312 g/mol.